The number of hydrogen-bond donors (Lipinski definition) is 0. The second-order valence-electron chi connectivity index (χ2n) is 20.8. The minimum atomic E-state index is -0.463. The lowest BCUT2D eigenvalue weighted by atomic mass is 9.67. The third-order valence-corrected chi connectivity index (χ3v) is 17.5. The first kappa shape index (κ1) is 46.4. The summed E-state index contributed by atoms with van der Waals surface area (Å²) in [6, 6.07) is 114. The molecule has 370 valence electrons. The first-order chi connectivity index (χ1) is 39.1. The van der Waals surface area contributed by atoms with Crippen LogP contribution in [-0.2, 0) is 5.41 Å². The fourth-order valence-corrected chi connectivity index (χ4v) is 13.6. The lowest BCUT2D eigenvalue weighted by Crippen LogP contribution is -2.28. The molecule has 13 aromatic carbocycles. The van der Waals surface area contributed by atoms with Gasteiger partial charge in [0.2, 0.25) is 0 Å². The molecule has 15 rings (SSSR count). The topological polar surface area (TPSA) is 3.24 Å². The van der Waals surface area contributed by atoms with Gasteiger partial charge in [0.1, 0.15) is 0 Å². The van der Waals surface area contributed by atoms with Gasteiger partial charge in [0.05, 0.1) is 5.41 Å². The third kappa shape index (κ3) is 8.07. The molecule has 0 saturated carbocycles. The Kier molecular flexibility index (Phi) is 11.3. The summed E-state index contributed by atoms with van der Waals surface area (Å²) in [5, 5.41) is 5.13. The molecule has 79 heavy (non-hydrogen) atoms. The molecule has 2 heteroatoms. The Morgan fingerprint density at radius 2 is 0.671 bits per heavy atom. The Balaban J connectivity index is 0.775. The molecule has 0 spiro atoms. The average Bonchev–Trinajstić information content (AvgIpc) is 4.29. The normalized spacial score (nSPS) is 12.4. The van der Waals surface area contributed by atoms with Gasteiger partial charge in [-0.15, -0.1) is 11.3 Å². The van der Waals surface area contributed by atoms with Gasteiger partial charge in [0.15, 0.2) is 0 Å². The molecule has 1 aromatic heterocycles. The first-order valence-electron chi connectivity index (χ1n) is 27.2. The van der Waals surface area contributed by atoms with Crippen molar-refractivity contribution in [3.05, 3.63) is 332 Å². The molecular weight excluding hydrogens is 971 g/mol. The molecule has 0 radical (unpaired) electrons. The summed E-state index contributed by atoms with van der Waals surface area (Å²) in [7, 11) is 0. The molecule has 14 aromatic rings. The van der Waals surface area contributed by atoms with E-state index in [4.69, 9.17) is 0 Å². The lowest BCUT2D eigenvalue weighted by molar-refractivity contribution is 0.769. The van der Waals surface area contributed by atoms with Crippen molar-refractivity contribution >= 4 is 59.3 Å². The van der Waals surface area contributed by atoms with Crippen LogP contribution in [0.4, 0.5) is 17.1 Å². The van der Waals surface area contributed by atoms with Gasteiger partial charge in [0, 0.05) is 37.2 Å². The van der Waals surface area contributed by atoms with E-state index in [-0.39, 0.29) is 0 Å². The monoisotopic (exact) mass is 1020 g/mol. The molecule has 1 aliphatic carbocycles. The Morgan fingerprint density at radius 1 is 0.241 bits per heavy atom. The number of rotatable bonds is 10. The summed E-state index contributed by atoms with van der Waals surface area (Å²) in [4.78, 5) is 2.38. The highest BCUT2D eigenvalue weighted by molar-refractivity contribution is 7.25. The van der Waals surface area contributed by atoms with Crippen LogP contribution in [0.3, 0.4) is 0 Å². The number of nitrogens with zero attached hydrogens (tertiary/aromatic N) is 1. The van der Waals surface area contributed by atoms with Crippen LogP contribution in [0.15, 0.2) is 309 Å². The van der Waals surface area contributed by atoms with Gasteiger partial charge in [-0.1, -0.05) is 237 Å². The molecule has 0 N–H and O–H groups in total. The Bertz CT molecular complexity index is 4520. The second-order valence-corrected chi connectivity index (χ2v) is 21.9. The van der Waals surface area contributed by atoms with Crippen LogP contribution in [0.1, 0.15) is 22.3 Å². The van der Waals surface area contributed by atoms with E-state index >= 15 is 0 Å². The third-order valence-electron chi connectivity index (χ3n) is 16.4. The molecule has 1 heterocycles. The van der Waals surface area contributed by atoms with Crippen LogP contribution in [0.2, 0.25) is 0 Å². The van der Waals surface area contributed by atoms with Crippen molar-refractivity contribution in [2.24, 2.45) is 0 Å². The molecule has 0 bridgehead atoms. The first-order valence-corrected chi connectivity index (χ1v) is 28.0. The van der Waals surface area contributed by atoms with Gasteiger partial charge < -0.3 is 4.90 Å². The molecule has 0 fully saturated rings. The number of hydrogen-bond acceptors (Lipinski definition) is 2. The summed E-state index contributed by atoms with van der Waals surface area (Å²) < 4.78 is 2.64. The minimum Gasteiger partial charge on any atom is -0.311 e. The summed E-state index contributed by atoms with van der Waals surface area (Å²) in [5.74, 6) is 0. The van der Waals surface area contributed by atoms with Crippen molar-refractivity contribution in [1.29, 1.82) is 0 Å². The fraction of sp³-hybridized carbons (Fsp3) is 0.0130. The van der Waals surface area contributed by atoms with Crippen LogP contribution in [-0.4, -0.2) is 0 Å². The maximum Gasteiger partial charge on any atom is 0.0713 e. The maximum absolute atomic E-state index is 2.45. The van der Waals surface area contributed by atoms with E-state index in [0.717, 1.165) is 17.1 Å². The van der Waals surface area contributed by atoms with Crippen molar-refractivity contribution in [2.75, 3.05) is 4.90 Å². The zero-order valence-corrected chi connectivity index (χ0v) is 44.1. The summed E-state index contributed by atoms with van der Waals surface area (Å²) in [6.07, 6.45) is 0. The Hall–Kier alpha value is -9.86. The van der Waals surface area contributed by atoms with E-state index in [1.54, 1.807) is 0 Å². The quantitative estimate of drug-likeness (QED) is 0.132. The van der Waals surface area contributed by atoms with Crippen molar-refractivity contribution in [3.63, 3.8) is 0 Å². The van der Waals surface area contributed by atoms with E-state index in [9.17, 15) is 0 Å². The van der Waals surface area contributed by atoms with Gasteiger partial charge in [-0.2, -0.15) is 0 Å². The van der Waals surface area contributed by atoms with E-state index in [1.165, 1.54) is 120 Å². The van der Waals surface area contributed by atoms with Crippen molar-refractivity contribution in [3.8, 4) is 66.8 Å². The summed E-state index contributed by atoms with van der Waals surface area (Å²) >= 11 is 1.86. The molecule has 0 atom stereocenters. The van der Waals surface area contributed by atoms with E-state index in [0.29, 0.717) is 0 Å². The predicted octanol–water partition coefficient (Wildman–Crippen LogP) is 21.4. The SMILES string of the molecule is c1ccc(C2(c3ccccc3)c3ccccc3-c3ccc(-c4ccc(N(c5ccc(-c6ccc(-c7cccc(-c8ccc9ccccc9c8)c7)cc6)cc5)c5ccc(-c6ccc7sc8ccccc8c7c6)cc5)cc4)cc32)cc1. The highest BCUT2D eigenvalue weighted by Gasteiger charge is 2.46. The number of fused-ring (bicyclic) bond motifs is 7. The molecule has 0 unspecified atom stereocenters. The van der Waals surface area contributed by atoms with Gasteiger partial charge in [-0.05, 0) is 173 Å². The predicted molar refractivity (Wildman–Crippen MR) is 336 cm³/mol. The van der Waals surface area contributed by atoms with Crippen LogP contribution >= 0.6 is 11.3 Å². The maximum atomic E-state index is 2.45. The molecule has 0 amide bonds. The van der Waals surface area contributed by atoms with Crippen LogP contribution in [0.25, 0.3) is 97.7 Å². The van der Waals surface area contributed by atoms with Gasteiger partial charge in [-0.3, -0.25) is 0 Å². The Morgan fingerprint density at radius 3 is 1.32 bits per heavy atom. The smallest absolute Gasteiger partial charge is 0.0713 e. The van der Waals surface area contributed by atoms with Crippen molar-refractivity contribution in [1.82, 2.24) is 0 Å². The van der Waals surface area contributed by atoms with Crippen molar-refractivity contribution < 1.29 is 0 Å². The van der Waals surface area contributed by atoms with Gasteiger partial charge >= 0.3 is 0 Å². The van der Waals surface area contributed by atoms with E-state index < -0.39 is 5.41 Å². The van der Waals surface area contributed by atoms with Gasteiger partial charge in [0.25, 0.3) is 0 Å². The highest BCUT2D eigenvalue weighted by atomic mass is 32.1. The van der Waals surface area contributed by atoms with Crippen LogP contribution < -0.4 is 4.90 Å². The highest BCUT2D eigenvalue weighted by Crippen LogP contribution is 2.57. The fourth-order valence-electron chi connectivity index (χ4n) is 12.5. The van der Waals surface area contributed by atoms with Crippen molar-refractivity contribution in [2.45, 2.75) is 5.41 Å². The molecule has 0 saturated heterocycles. The molecule has 1 nitrogen and oxygen atoms in total. The standard InChI is InChI=1S/C77H51NS/c1-3-18-64(19-4-1)77(65-20-5-2-6-21-65)73-24-11-9-22-69(73)70-46-38-63(51-74(70)77)57-36-44-68(45-37-57)78(67-42-34-56(35-43-67)62-39-47-76-72(50-62)71-23-10-12-25-75(71)79-76)66-40-32-54(33-41-66)53-26-28-55(29-27-53)59-16-13-17-60(48-59)61-31-30-52-14-7-8-15-58(52)49-61/h1-51H. The van der Waals surface area contributed by atoms with Crippen LogP contribution in [0.5, 0.6) is 0 Å². The summed E-state index contributed by atoms with van der Waals surface area (Å²) in [5.41, 5.74) is 22.5. The Labute approximate surface area is 465 Å². The zero-order chi connectivity index (χ0) is 52.3. The molecule has 1 aliphatic rings. The molecular formula is C77H51NS. The van der Waals surface area contributed by atoms with Crippen LogP contribution in [0, 0.1) is 0 Å². The average molecular weight is 1020 g/mol. The number of benzene rings is 13. The zero-order valence-electron chi connectivity index (χ0n) is 43.3. The number of anilines is 3. The molecule has 0 aliphatic heterocycles. The lowest BCUT2D eigenvalue weighted by Gasteiger charge is -2.34. The largest absolute Gasteiger partial charge is 0.311 e. The second kappa shape index (κ2) is 19.3. The summed E-state index contributed by atoms with van der Waals surface area (Å²) in [6.45, 7) is 0. The van der Waals surface area contributed by atoms with Gasteiger partial charge in [-0.25, -0.2) is 0 Å². The number of thiophene rings is 1. The minimum absolute atomic E-state index is 0.463. The van der Waals surface area contributed by atoms with E-state index in [2.05, 4.69) is 314 Å². The van der Waals surface area contributed by atoms with E-state index in [1.807, 2.05) is 11.3 Å².